The molecule has 0 aliphatic heterocycles. The number of fused-ring (bicyclic) bond motifs is 1. The molecule has 4 nitrogen and oxygen atoms in total. The van der Waals surface area contributed by atoms with Gasteiger partial charge >= 0.3 is 0 Å². The lowest BCUT2D eigenvalue weighted by molar-refractivity contribution is 0.599. The van der Waals surface area contributed by atoms with E-state index in [1.165, 1.54) is 18.2 Å². The fraction of sp³-hybridized carbons (Fsp3) is 0.154. The number of benzene rings is 1. The van der Waals surface area contributed by atoms with Crippen molar-refractivity contribution < 1.29 is 8.42 Å². The average Bonchev–Trinajstić information content (AvgIpc) is 2.28. The van der Waals surface area contributed by atoms with Crippen LogP contribution >= 0.6 is 0 Å². The molecule has 0 atom stereocenters. The van der Waals surface area contributed by atoms with Crippen LogP contribution in [0.5, 0.6) is 0 Å². The minimum Gasteiger partial charge on any atom is -0.322 e. The minimum atomic E-state index is -3.34. The molecule has 0 aliphatic carbocycles. The highest BCUT2D eigenvalue weighted by molar-refractivity contribution is 7.91. The molecular weight excluding hydrogens is 250 g/mol. The van der Waals surface area contributed by atoms with Gasteiger partial charge in [0, 0.05) is 17.0 Å². The third-order valence-corrected chi connectivity index (χ3v) is 4.36. The van der Waals surface area contributed by atoms with E-state index in [9.17, 15) is 13.2 Å². The van der Waals surface area contributed by atoms with Crippen LogP contribution in [0.25, 0.3) is 10.9 Å². The van der Waals surface area contributed by atoms with Crippen LogP contribution in [-0.2, 0) is 9.84 Å². The number of H-pyrrole nitrogens is 1. The highest BCUT2D eigenvalue weighted by Crippen LogP contribution is 2.20. The van der Waals surface area contributed by atoms with Gasteiger partial charge in [0.25, 0.3) is 0 Å². The van der Waals surface area contributed by atoms with Crippen molar-refractivity contribution in [3.63, 3.8) is 0 Å². The molecule has 0 saturated carbocycles. The summed E-state index contributed by atoms with van der Waals surface area (Å²) in [7, 11) is -3.34. The van der Waals surface area contributed by atoms with Gasteiger partial charge in [0.2, 0.25) is 5.56 Å². The molecule has 0 saturated heterocycles. The van der Waals surface area contributed by atoms with E-state index in [0.717, 1.165) is 10.9 Å². The van der Waals surface area contributed by atoms with Crippen LogP contribution in [0.2, 0.25) is 0 Å². The van der Waals surface area contributed by atoms with Crippen LogP contribution in [0, 0.1) is 6.92 Å². The first kappa shape index (κ1) is 12.6. The predicted molar refractivity (Wildman–Crippen MR) is 71.6 cm³/mol. The third kappa shape index (κ3) is 2.22. The van der Waals surface area contributed by atoms with Crippen LogP contribution in [-0.4, -0.2) is 19.2 Å². The lowest BCUT2D eigenvalue weighted by Gasteiger charge is -2.05. The number of aromatic nitrogens is 1. The molecule has 0 bridgehead atoms. The second-order valence-corrected chi connectivity index (χ2v) is 6.13. The molecule has 0 radical (unpaired) electrons. The first-order chi connectivity index (χ1) is 8.44. The van der Waals surface area contributed by atoms with E-state index in [0.29, 0.717) is 5.52 Å². The van der Waals surface area contributed by atoms with Crippen molar-refractivity contribution in [2.24, 2.45) is 0 Å². The Kier molecular flexibility index (Phi) is 3.09. The Morgan fingerprint density at radius 3 is 2.72 bits per heavy atom. The van der Waals surface area contributed by atoms with Gasteiger partial charge in [-0.05, 0) is 30.7 Å². The van der Waals surface area contributed by atoms with Crippen LogP contribution < -0.4 is 5.56 Å². The summed E-state index contributed by atoms with van der Waals surface area (Å²) >= 11 is 0. The first-order valence-corrected chi connectivity index (χ1v) is 7.06. The zero-order chi connectivity index (χ0) is 13.3. The standard InChI is InChI=1S/C13H13NO3S/c1-3-6-18(16,17)10-4-5-12-11(8-10)9(2)7-13(15)14-12/h3-5,7-8H,1,6H2,2H3,(H,14,15). The molecule has 94 valence electrons. The van der Waals surface area contributed by atoms with Crippen LogP contribution in [0.15, 0.2) is 46.6 Å². The molecule has 2 aromatic rings. The molecule has 0 amide bonds. The van der Waals surface area contributed by atoms with E-state index in [4.69, 9.17) is 0 Å². The smallest absolute Gasteiger partial charge is 0.248 e. The van der Waals surface area contributed by atoms with Gasteiger partial charge in [-0.1, -0.05) is 6.08 Å². The molecule has 1 N–H and O–H groups in total. The maximum atomic E-state index is 11.9. The zero-order valence-electron chi connectivity index (χ0n) is 9.93. The van der Waals surface area contributed by atoms with Gasteiger partial charge in [-0.15, -0.1) is 6.58 Å². The average molecular weight is 263 g/mol. The quantitative estimate of drug-likeness (QED) is 0.859. The molecule has 5 heteroatoms. The van der Waals surface area contributed by atoms with E-state index in [1.54, 1.807) is 19.1 Å². The molecule has 0 fully saturated rings. The molecular formula is C13H13NO3S. The number of hydrogen-bond donors (Lipinski definition) is 1. The zero-order valence-corrected chi connectivity index (χ0v) is 10.8. The number of rotatable bonds is 3. The molecule has 2 rings (SSSR count). The SMILES string of the molecule is C=CCS(=O)(=O)c1ccc2[nH]c(=O)cc(C)c2c1. The fourth-order valence-electron chi connectivity index (χ4n) is 1.85. The molecule has 0 spiro atoms. The van der Waals surface area contributed by atoms with Gasteiger partial charge in [0.1, 0.15) is 0 Å². The number of aromatic amines is 1. The first-order valence-electron chi connectivity index (χ1n) is 5.41. The molecule has 1 aromatic carbocycles. The highest BCUT2D eigenvalue weighted by atomic mass is 32.2. The minimum absolute atomic E-state index is 0.0963. The van der Waals surface area contributed by atoms with E-state index >= 15 is 0 Å². The van der Waals surface area contributed by atoms with Crippen molar-refractivity contribution >= 4 is 20.7 Å². The van der Waals surface area contributed by atoms with Crippen molar-refractivity contribution in [2.75, 3.05) is 5.75 Å². The lowest BCUT2D eigenvalue weighted by atomic mass is 10.1. The summed E-state index contributed by atoms with van der Waals surface area (Å²) < 4.78 is 23.8. The second kappa shape index (κ2) is 4.42. The number of nitrogens with one attached hydrogen (secondary N) is 1. The van der Waals surface area contributed by atoms with Gasteiger partial charge < -0.3 is 4.98 Å². The molecule has 1 heterocycles. The second-order valence-electron chi connectivity index (χ2n) is 4.09. The Morgan fingerprint density at radius 1 is 1.33 bits per heavy atom. The van der Waals surface area contributed by atoms with E-state index in [2.05, 4.69) is 11.6 Å². The largest absolute Gasteiger partial charge is 0.322 e. The Morgan fingerprint density at radius 2 is 2.06 bits per heavy atom. The number of hydrogen-bond acceptors (Lipinski definition) is 3. The van der Waals surface area contributed by atoms with Crippen molar-refractivity contribution in [2.45, 2.75) is 11.8 Å². The summed E-state index contributed by atoms with van der Waals surface area (Å²) in [5.74, 6) is -0.0963. The molecule has 1 aromatic heterocycles. The summed E-state index contributed by atoms with van der Waals surface area (Å²) in [5.41, 5.74) is 1.20. The summed E-state index contributed by atoms with van der Waals surface area (Å²) in [6.07, 6.45) is 1.36. The summed E-state index contributed by atoms with van der Waals surface area (Å²) in [4.78, 5) is 14.2. The monoisotopic (exact) mass is 263 g/mol. The predicted octanol–water partition coefficient (Wildman–Crippen LogP) is 1.80. The third-order valence-electron chi connectivity index (χ3n) is 2.72. The lowest BCUT2D eigenvalue weighted by Crippen LogP contribution is -2.07. The van der Waals surface area contributed by atoms with Crippen molar-refractivity contribution in [3.8, 4) is 0 Å². The normalized spacial score (nSPS) is 11.6. The molecule has 0 unspecified atom stereocenters. The van der Waals surface area contributed by atoms with Gasteiger partial charge in [0.05, 0.1) is 10.6 Å². The Bertz CT molecular complexity index is 772. The van der Waals surface area contributed by atoms with Crippen molar-refractivity contribution in [1.82, 2.24) is 4.98 Å². The highest BCUT2D eigenvalue weighted by Gasteiger charge is 2.13. The summed E-state index contributed by atoms with van der Waals surface area (Å²) in [5, 5.41) is 0.736. The van der Waals surface area contributed by atoms with Crippen LogP contribution in [0.4, 0.5) is 0 Å². The maximum Gasteiger partial charge on any atom is 0.248 e. The van der Waals surface area contributed by atoms with Gasteiger partial charge in [0.15, 0.2) is 9.84 Å². The number of pyridine rings is 1. The van der Waals surface area contributed by atoms with Crippen molar-refractivity contribution in [1.29, 1.82) is 0 Å². The van der Waals surface area contributed by atoms with E-state index in [1.807, 2.05) is 0 Å². The Labute approximate surface area is 105 Å². The Hall–Kier alpha value is -1.88. The summed E-state index contributed by atoms with van der Waals surface area (Å²) in [6, 6.07) is 6.14. The molecule has 0 aliphatic rings. The summed E-state index contributed by atoms with van der Waals surface area (Å²) in [6.45, 7) is 5.22. The Balaban J connectivity index is 2.72. The van der Waals surface area contributed by atoms with Gasteiger partial charge in [-0.2, -0.15) is 0 Å². The van der Waals surface area contributed by atoms with Crippen LogP contribution in [0.3, 0.4) is 0 Å². The maximum absolute atomic E-state index is 11.9. The van der Waals surface area contributed by atoms with E-state index in [-0.39, 0.29) is 16.2 Å². The topological polar surface area (TPSA) is 67.0 Å². The van der Waals surface area contributed by atoms with Gasteiger partial charge in [-0.3, -0.25) is 4.79 Å². The van der Waals surface area contributed by atoms with Crippen molar-refractivity contribution in [3.05, 3.63) is 52.8 Å². The number of aryl methyl sites for hydroxylation is 1. The fourth-order valence-corrected chi connectivity index (χ4v) is 2.92. The van der Waals surface area contributed by atoms with E-state index < -0.39 is 9.84 Å². The molecule has 18 heavy (non-hydrogen) atoms. The number of sulfone groups is 1. The van der Waals surface area contributed by atoms with Gasteiger partial charge in [-0.25, -0.2) is 8.42 Å². The van der Waals surface area contributed by atoms with Crippen LogP contribution in [0.1, 0.15) is 5.56 Å².